The smallest absolute Gasteiger partial charge is 0.253 e. The summed E-state index contributed by atoms with van der Waals surface area (Å²) >= 11 is 0. The molecule has 0 aliphatic carbocycles. The Balaban J connectivity index is 2.08. The van der Waals surface area contributed by atoms with E-state index in [0.717, 1.165) is 0 Å². The van der Waals surface area contributed by atoms with Gasteiger partial charge >= 0.3 is 0 Å². The minimum absolute atomic E-state index is 0.0748. The van der Waals surface area contributed by atoms with Gasteiger partial charge in [-0.25, -0.2) is 4.39 Å². The molecule has 0 saturated heterocycles. The normalized spacial score (nSPS) is 10.8. The van der Waals surface area contributed by atoms with Gasteiger partial charge in [0.15, 0.2) is 18.1 Å². The number of ether oxygens (including phenoxy) is 2. The van der Waals surface area contributed by atoms with Crippen molar-refractivity contribution in [3.05, 3.63) is 35.8 Å². The highest BCUT2D eigenvalue weighted by Crippen LogP contribution is 2.29. The molecule has 0 unspecified atom stereocenters. The molecule has 0 fully saturated rings. The van der Waals surface area contributed by atoms with Gasteiger partial charge in [0, 0.05) is 12.5 Å². The van der Waals surface area contributed by atoms with Crippen molar-refractivity contribution < 1.29 is 18.3 Å². The number of nitrogens with zero attached hydrogens (tertiary/aromatic N) is 2. The number of aryl methyl sites for hydroxylation is 1. The van der Waals surface area contributed by atoms with E-state index in [-0.39, 0.29) is 18.5 Å². The Morgan fingerprint density at radius 1 is 1.20 bits per heavy atom. The summed E-state index contributed by atoms with van der Waals surface area (Å²) in [5.74, 6) is 1.36. The van der Waals surface area contributed by atoms with Crippen LogP contribution in [0, 0.1) is 5.82 Å². The standard InChI is InChI=1S/C14H17FN2O3/c1-4-13-16-17-14(20-13)8-18-11-6-5-10(15)7-12(11)19-9(2)3/h5-7,9H,4,8H2,1-3H3. The molecule has 0 amide bonds. The Hall–Kier alpha value is -2.11. The van der Waals surface area contributed by atoms with Gasteiger partial charge in [0.05, 0.1) is 6.10 Å². The van der Waals surface area contributed by atoms with Crippen LogP contribution in [0.5, 0.6) is 11.5 Å². The van der Waals surface area contributed by atoms with E-state index in [1.807, 2.05) is 20.8 Å². The van der Waals surface area contributed by atoms with E-state index in [1.165, 1.54) is 18.2 Å². The minimum Gasteiger partial charge on any atom is -0.487 e. The maximum Gasteiger partial charge on any atom is 0.253 e. The monoisotopic (exact) mass is 280 g/mol. The molecule has 20 heavy (non-hydrogen) atoms. The largest absolute Gasteiger partial charge is 0.487 e. The predicted molar refractivity (Wildman–Crippen MR) is 70.2 cm³/mol. The zero-order valence-electron chi connectivity index (χ0n) is 11.7. The topological polar surface area (TPSA) is 57.4 Å². The van der Waals surface area contributed by atoms with E-state index >= 15 is 0 Å². The summed E-state index contributed by atoms with van der Waals surface area (Å²) in [5, 5.41) is 7.70. The van der Waals surface area contributed by atoms with Crippen LogP contribution in [0.3, 0.4) is 0 Å². The first-order valence-electron chi connectivity index (χ1n) is 6.48. The van der Waals surface area contributed by atoms with Crippen molar-refractivity contribution in [3.8, 4) is 11.5 Å². The lowest BCUT2D eigenvalue weighted by Crippen LogP contribution is -2.07. The highest BCUT2D eigenvalue weighted by Gasteiger charge is 2.11. The molecule has 2 rings (SSSR count). The molecule has 0 aliphatic heterocycles. The predicted octanol–water partition coefficient (Wildman–Crippen LogP) is 3.14. The molecule has 1 aromatic heterocycles. The molecular weight excluding hydrogens is 263 g/mol. The Morgan fingerprint density at radius 2 is 1.95 bits per heavy atom. The molecule has 0 radical (unpaired) electrons. The van der Waals surface area contributed by atoms with Gasteiger partial charge in [-0.15, -0.1) is 10.2 Å². The number of benzene rings is 1. The van der Waals surface area contributed by atoms with Crippen molar-refractivity contribution in [2.45, 2.75) is 39.9 Å². The Bertz CT molecular complexity index is 569. The molecule has 1 heterocycles. The van der Waals surface area contributed by atoms with Crippen molar-refractivity contribution in [1.82, 2.24) is 10.2 Å². The van der Waals surface area contributed by atoms with E-state index in [2.05, 4.69) is 10.2 Å². The van der Waals surface area contributed by atoms with Gasteiger partial charge in [-0.2, -0.15) is 0 Å². The third-order valence-electron chi connectivity index (χ3n) is 2.43. The molecule has 0 N–H and O–H groups in total. The summed E-state index contributed by atoms with van der Waals surface area (Å²) in [6.45, 7) is 5.76. The van der Waals surface area contributed by atoms with Crippen LogP contribution >= 0.6 is 0 Å². The van der Waals surface area contributed by atoms with Crippen LogP contribution < -0.4 is 9.47 Å². The second-order valence-corrected chi connectivity index (χ2v) is 4.49. The zero-order valence-corrected chi connectivity index (χ0v) is 11.7. The van der Waals surface area contributed by atoms with Crippen molar-refractivity contribution in [2.75, 3.05) is 0 Å². The first-order chi connectivity index (χ1) is 9.58. The first kappa shape index (κ1) is 14.3. The average molecular weight is 280 g/mol. The number of halogens is 1. The summed E-state index contributed by atoms with van der Waals surface area (Å²) in [7, 11) is 0. The van der Waals surface area contributed by atoms with Crippen LogP contribution in [-0.4, -0.2) is 16.3 Å². The number of hydrogen-bond acceptors (Lipinski definition) is 5. The van der Waals surface area contributed by atoms with Crippen LogP contribution in [0.1, 0.15) is 32.6 Å². The molecule has 5 nitrogen and oxygen atoms in total. The lowest BCUT2D eigenvalue weighted by molar-refractivity contribution is 0.207. The Morgan fingerprint density at radius 3 is 2.60 bits per heavy atom. The lowest BCUT2D eigenvalue weighted by atomic mass is 10.3. The summed E-state index contributed by atoms with van der Waals surface area (Å²) in [5.41, 5.74) is 0. The van der Waals surface area contributed by atoms with Crippen molar-refractivity contribution >= 4 is 0 Å². The van der Waals surface area contributed by atoms with Gasteiger partial charge in [-0.1, -0.05) is 6.92 Å². The summed E-state index contributed by atoms with van der Waals surface area (Å²) in [4.78, 5) is 0. The van der Waals surface area contributed by atoms with Gasteiger partial charge in [-0.3, -0.25) is 0 Å². The van der Waals surface area contributed by atoms with Gasteiger partial charge in [-0.05, 0) is 26.0 Å². The first-order valence-corrected chi connectivity index (χ1v) is 6.48. The molecule has 0 bridgehead atoms. The zero-order chi connectivity index (χ0) is 14.5. The Kier molecular flexibility index (Phi) is 4.55. The molecular formula is C14H17FN2O3. The van der Waals surface area contributed by atoms with Gasteiger partial charge in [0.1, 0.15) is 5.82 Å². The van der Waals surface area contributed by atoms with Crippen molar-refractivity contribution in [3.63, 3.8) is 0 Å². The number of rotatable bonds is 6. The summed E-state index contributed by atoms with van der Waals surface area (Å²) in [6.07, 6.45) is 0.597. The summed E-state index contributed by atoms with van der Waals surface area (Å²) in [6, 6.07) is 4.12. The third-order valence-corrected chi connectivity index (χ3v) is 2.43. The molecule has 108 valence electrons. The third kappa shape index (κ3) is 3.69. The molecule has 0 spiro atoms. The van der Waals surface area contributed by atoms with E-state index in [1.54, 1.807) is 0 Å². The molecule has 1 aromatic carbocycles. The fourth-order valence-electron chi connectivity index (χ4n) is 1.58. The number of aromatic nitrogens is 2. The second-order valence-electron chi connectivity index (χ2n) is 4.49. The molecule has 0 atom stereocenters. The molecule has 2 aromatic rings. The van der Waals surface area contributed by atoms with Gasteiger partial charge in [0.25, 0.3) is 5.89 Å². The lowest BCUT2D eigenvalue weighted by Gasteiger charge is -2.14. The van der Waals surface area contributed by atoms with Crippen molar-refractivity contribution in [1.29, 1.82) is 0 Å². The highest BCUT2D eigenvalue weighted by atomic mass is 19.1. The van der Waals surface area contributed by atoms with Gasteiger partial charge in [0.2, 0.25) is 5.89 Å². The van der Waals surface area contributed by atoms with Crippen LogP contribution in [0.25, 0.3) is 0 Å². The molecule has 0 aliphatic rings. The average Bonchev–Trinajstić information content (AvgIpc) is 2.85. The maximum absolute atomic E-state index is 13.2. The van der Waals surface area contributed by atoms with E-state index in [9.17, 15) is 4.39 Å². The molecule has 0 saturated carbocycles. The van der Waals surface area contributed by atoms with E-state index < -0.39 is 0 Å². The van der Waals surface area contributed by atoms with Gasteiger partial charge < -0.3 is 13.9 Å². The van der Waals surface area contributed by atoms with Crippen LogP contribution in [0.4, 0.5) is 4.39 Å². The fourth-order valence-corrected chi connectivity index (χ4v) is 1.58. The van der Waals surface area contributed by atoms with Crippen LogP contribution in [0.15, 0.2) is 22.6 Å². The quantitative estimate of drug-likeness (QED) is 0.813. The Labute approximate surface area is 116 Å². The minimum atomic E-state index is -0.376. The second kappa shape index (κ2) is 6.36. The molecule has 6 heteroatoms. The summed E-state index contributed by atoms with van der Waals surface area (Å²) < 4.78 is 29.6. The van der Waals surface area contributed by atoms with Crippen LogP contribution in [-0.2, 0) is 13.0 Å². The SMILES string of the molecule is CCc1nnc(COc2ccc(F)cc2OC(C)C)o1. The maximum atomic E-state index is 13.2. The van der Waals surface area contributed by atoms with E-state index in [4.69, 9.17) is 13.9 Å². The fraction of sp³-hybridized carbons (Fsp3) is 0.429. The number of hydrogen-bond donors (Lipinski definition) is 0. The highest BCUT2D eigenvalue weighted by molar-refractivity contribution is 5.40. The van der Waals surface area contributed by atoms with E-state index in [0.29, 0.717) is 29.7 Å². The van der Waals surface area contributed by atoms with Crippen LogP contribution in [0.2, 0.25) is 0 Å². The van der Waals surface area contributed by atoms with Crippen molar-refractivity contribution in [2.24, 2.45) is 0 Å².